The summed E-state index contributed by atoms with van der Waals surface area (Å²) < 4.78 is 5.52. The molecular formula is C22H26N2O3. The maximum absolute atomic E-state index is 12.6. The smallest absolute Gasteiger partial charge is 0.258 e. The van der Waals surface area contributed by atoms with E-state index in [2.05, 4.69) is 5.32 Å². The molecule has 142 valence electrons. The third kappa shape index (κ3) is 5.33. The quantitative estimate of drug-likeness (QED) is 0.885. The zero-order chi connectivity index (χ0) is 19.2. The molecule has 0 aliphatic carbocycles. The highest BCUT2D eigenvalue weighted by Gasteiger charge is 2.24. The molecule has 0 aromatic heterocycles. The van der Waals surface area contributed by atoms with Gasteiger partial charge in [0.05, 0.1) is 0 Å². The normalized spacial score (nSPS) is 14.7. The monoisotopic (exact) mass is 366 g/mol. The van der Waals surface area contributed by atoms with Crippen LogP contribution in [-0.4, -0.2) is 42.5 Å². The molecule has 0 bridgehead atoms. The number of aryl methyl sites for hydroxylation is 2. The summed E-state index contributed by atoms with van der Waals surface area (Å²) in [5, 5.41) is 3.01. The molecule has 3 rings (SSSR count). The number of nitrogens with zero attached hydrogens (tertiary/aromatic N) is 1. The number of hydrogen-bond acceptors (Lipinski definition) is 3. The summed E-state index contributed by atoms with van der Waals surface area (Å²) in [4.78, 5) is 26.6. The van der Waals surface area contributed by atoms with Crippen molar-refractivity contribution in [1.82, 2.24) is 10.2 Å². The van der Waals surface area contributed by atoms with Crippen LogP contribution in [0.2, 0.25) is 0 Å². The van der Waals surface area contributed by atoms with Crippen molar-refractivity contribution in [2.45, 2.75) is 32.7 Å². The summed E-state index contributed by atoms with van der Waals surface area (Å²) in [6, 6.07) is 15.4. The van der Waals surface area contributed by atoms with E-state index in [1.807, 2.05) is 67.3 Å². The van der Waals surface area contributed by atoms with Gasteiger partial charge in [-0.15, -0.1) is 0 Å². The van der Waals surface area contributed by atoms with E-state index in [9.17, 15) is 9.59 Å². The summed E-state index contributed by atoms with van der Waals surface area (Å²) in [5.41, 5.74) is 2.96. The third-order valence-corrected chi connectivity index (χ3v) is 4.80. The van der Waals surface area contributed by atoms with Gasteiger partial charge < -0.3 is 15.0 Å². The van der Waals surface area contributed by atoms with Crippen LogP contribution in [-0.2, 0) is 4.79 Å². The minimum atomic E-state index is -0.126. The highest BCUT2D eigenvalue weighted by Crippen LogP contribution is 2.15. The van der Waals surface area contributed by atoms with Crippen LogP contribution in [0.5, 0.6) is 5.75 Å². The fourth-order valence-electron chi connectivity index (χ4n) is 3.24. The van der Waals surface area contributed by atoms with Gasteiger partial charge in [0.15, 0.2) is 6.61 Å². The van der Waals surface area contributed by atoms with Crippen LogP contribution in [0, 0.1) is 13.8 Å². The third-order valence-electron chi connectivity index (χ3n) is 4.80. The molecule has 5 heteroatoms. The molecule has 2 aromatic rings. The molecule has 0 atom stereocenters. The first kappa shape index (κ1) is 19.0. The van der Waals surface area contributed by atoms with Gasteiger partial charge in [0.2, 0.25) is 0 Å². The second kappa shape index (κ2) is 8.71. The van der Waals surface area contributed by atoms with Gasteiger partial charge in [0, 0.05) is 24.7 Å². The Labute approximate surface area is 160 Å². The van der Waals surface area contributed by atoms with Crippen molar-refractivity contribution in [3.05, 3.63) is 65.2 Å². The molecule has 5 nitrogen and oxygen atoms in total. The Hall–Kier alpha value is -2.82. The molecule has 1 N–H and O–H groups in total. The average molecular weight is 366 g/mol. The van der Waals surface area contributed by atoms with Crippen LogP contribution in [0.15, 0.2) is 48.5 Å². The Bertz CT molecular complexity index is 793. The first-order chi connectivity index (χ1) is 13.0. The van der Waals surface area contributed by atoms with E-state index < -0.39 is 0 Å². The Morgan fingerprint density at radius 3 is 2.41 bits per heavy atom. The van der Waals surface area contributed by atoms with E-state index in [0.717, 1.165) is 29.5 Å². The number of carbonyl (C=O) groups excluding carboxylic acids is 2. The second-order valence-electron chi connectivity index (χ2n) is 7.11. The van der Waals surface area contributed by atoms with E-state index >= 15 is 0 Å². The Kier molecular flexibility index (Phi) is 6.12. The lowest BCUT2D eigenvalue weighted by Gasteiger charge is -2.32. The van der Waals surface area contributed by atoms with Crippen molar-refractivity contribution >= 4 is 11.8 Å². The van der Waals surface area contributed by atoms with Crippen LogP contribution in [0.4, 0.5) is 0 Å². The van der Waals surface area contributed by atoms with Crippen LogP contribution in [0.1, 0.15) is 34.3 Å². The first-order valence-electron chi connectivity index (χ1n) is 9.36. The van der Waals surface area contributed by atoms with Crippen molar-refractivity contribution in [3.8, 4) is 5.75 Å². The minimum Gasteiger partial charge on any atom is -0.484 e. The number of piperidine rings is 1. The number of amides is 2. The average Bonchev–Trinajstić information content (AvgIpc) is 2.67. The molecule has 0 unspecified atom stereocenters. The fourth-order valence-corrected chi connectivity index (χ4v) is 3.24. The van der Waals surface area contributed by atoms with Gasteiger partial charge in [-0.05, 0) is 51.0 Å². The predicted molar refractivity (Wildman–Crippen MR) is 105 cm³/mol. The summed E-state index contributed by atoms with van der Waals surface area (Å²) >= 11 is 0. The summed E-state index contributed by atoms with van der Waals surface area (Å²) in [6.07, 6.45) is 1.52. The number of rotatable bonds is 5. The van der Waals surface area contributed by atoms with E-state index in [4.69, 9.17) is 4.74 Å². The largest absolute Gasteiger partial charge is 0.484 e. The van der Waals surface area contributed by atoms with Crippen LogP contribution in [0.25, 0.3) is 0 Å². The molecule has 1 aliphatic rings. The van der Waals surface area contributed by atoms with Crippen LogP contribution < -0.4 is 10.1 Å². The minimum absolute atomic E-state index is 0.00545. The molecule has 0 radical (unpaired) electrons. The van der Waals surface area contributed by atoms with Gasteiger partial charge in [-0.3, -0.25) is 9.59 Å². The van der Waals surface area contributed by atoms with Crippen molar-refractivity contribution in [2.24, 2.45) is 0 Å². The van der Waals surface area contributed by atoms with E-state index in [1.54, 1.807) is 0 Å². The second-order valence-corrected chi connectivity index (χ2v) is 7.11. The lowest BCUT2D eigenvalue weighted by Crippen LogP contribution is -2.47. The summed E-state index contributed by atoms with van der Waals surface area (Å²) in [7, 11) is 0. The maximum atomic E-state index is 12.6. The van der Waals surface area contributed by atoms with Crippen molar-refractivity contribution < 1.29 is 14.3 Å². The molecule has 1 heterocycles. The van der Waals surface area contributed by atoms with E-state index in [0.29, 0.717) is 18.8 Å². The van der Waals surface area contributed by atoms with Gasteiger partial charge in [0.25, 0.3) is 11.8 Å². The van der Waals surface area contributed by atoms with Gasteiger partial charge in [-0.1, -0.05) is 35.4 Å². The number of nitrogens with one attached hydrogen (secondary N) is 1. The van der Waals surface area contributed by atoms with Crippen LogP contribution >= 0.6 is 0 Å². The standard InChI is InChI=1S/C22H26N2O3/c1-16-6-8-20(9-7-16)27-15-21(25)23-19-10-12-24(13-11-19)22(26)18-5-3-4-17(2)14-18/h3-9,14,19H,10-13,15H2,1-2H3,(H,23,25). The molecule has 2 aromatic carbocycles. The van der Waals surface area contributed by atoms with Gasteiger partial charge in [-0.25, -0.2) is 0 Å². The topological polar surface area (TPSA) is 58.6 Å². The number of benzene rings is 2. The molecule has 2 amide bonds. The molecular weight excluding hydrogens is 340 g/mol. The summed E-state index contributed by atoms with van der Waals surface area (Å²) in [6.45, 7) is 5.29. The van der Waals surface area contributed by atoms with Gasteiger partial charge in [0.1, 0.15) is 5.75 Å². The Morgan fingerprint density at radius 1 is 1.04 bits per heavy atom. The fraction of sp³-hybridized carbons (Fsp3) is 0.364. The molecule has 1 aliphatic heterocycles. The van der Waals surface area contributed by atoms with Crippen molar-refractivity contribution in [3.63, 3.8) is 0 Å². The van der Waals surface area contributed by atoms with E-state index in [-0.39, 0.29) is 24.5 Å². The number of likely N-dealkylation sites (tertiary alicyclic amines) is 1. The zero-order valence-corrected chi connectivity index (χ0v) is 15.9. The van der Waals surface area contributed by atoms with Gasteiger partial charge in [-0.2, -0.15) is 0 Å². The molecule has 1 saturated heterocycles. The Balaban J connectivity index is 1.43. The van der Waals surface area contributed by atoms with Gasteiger partial charge >= 0.3 is 0 Å². The lowest BCUT2D eigenvalue weighted by atomic mass is 10.0. The van der Waals surface area contributed by atoms with Crippen molar-refractivity contribution in [1.29, 1.82) is 0 Å². The lowest BCUT2D eigenvalue weighted by molar-refractivity contribution is -0.124. The summed E-state index contributed by atoms with van der Waals surface area (Å²) in [5.74, 6) is 0.625. The van der Waals surface area contributed by atoms with Crippen LogP contribution in [0.3, 0.4) is 0 Å². The number of carbonyl (C=O) groups is 2. The molecule has 1 fully saturated rings. The SMILES string of the molecule is Cc1ccc(OCC(=O)NC2CCN(C(=O)c3cccc(C)c3)CC2)cc1. The highest BCUT2D eigenvalue weighted by atomic mass is 16.5. The zero-order valence-electron chi connectivity index (χ0n) is 15.9. The first-order valence-corrected chi connectivity index (χ1v) is 9.36. The number of hydrogen-bond donors (Lipinski definition) is 1. The molecule has 27 heavy (non-hydrogen) atoms. The molecule has 0 saturated carbocycles. The predicted octanol–water partition coefficient (Wildman–Crippen LogP) is 3.10. The molecule has 0 spiro atoms. The van der Waals surface area contributed by atoms with E-state index in [1.165, 1.54) is 0 Å². The maximum Gasteiger partial charge on any atom is 0.258 e. The van der Waals surface area contributed by atoms with Crippen molar-refractivity contribution in [2.75, 3.05) is 19.7 Å². The Morgan fingerprint density at radius 2 is 1.74 bits per heavy atom. The number of ether oxygens (including phenoxy) is 1. The highest BCUT2D eigenvalue weighted by molar-refractivity contribution is 5.94.